The number of thioether (sulfide) groups is 2. The maximum absolute atomic E-state index is 12.2. The van der Waals surface area contributed by atoms with Crippen LogP contribution >= 0.6 is 35.1 Å². The van der Waals surface area contributed by atoms with Crippen molar-refractivity contribution in [3.8, 4) is 6.07 Å². The van der Waals surface area contributed by atoms with Crippen LogP contribution in [0.2, 0.25) is 0 Å². The first-order valence-corrected chi connectivity index (χ1v) is 10.8. The second-order valence-corrected chi connectivity index (χ2v) is 8.40. The fraction of sp³-hybridized carbons (Fsp3) is 0.100. The van der Waals surface area contributed by atoms with E-state index in [0.29, 0.717) is 25.9 Å². The minimum atomic E-state index is -0.00838. The van der Waals surface area contributed by atoms with Crippen LogP contribution in [-0.2, 0) is 0 Å². The average Bonchev–Trinajstić information content (AvgIpc) is 3.13. The predicted octanol–water partition coefficient (Wildman–Crippen LogP) is 4.96. The van der Waals surface area contributed by atoms with Gasteiger partial charge in [0.05, 0.1) is 11.5 Å². The van der Waals surface area contributed by atoms with Gasteiger partial charge in [0.2, 0.25) is 0 Å². The summed E-state index contributed by atoms with van der Waals surface area (Å²) < 4.78 is 5.01. The molecule has 2 aromatic carbocycles. The van der Waals surface area contributed by atoms with Gasteiger partial charge in [0.15, 0.2) is 11.6 Å². The fourth-order valence-electron chi connectivity index (χ4n) is 2.23. The quantitative estimate of drug-likeness (QED) is 0.386. The molecule has 4 nitrogen and oxygen atoms in total. The van der Waals surface area contributed by atoms with Gasteiger partial charge in [-0.15, -0.1) is 11.8 Å². The van der Waals surface area contributed by atoms with Gasteiger partial charge in [-0.25, -0.2) is 0 Å². The van der Waals surface area contributed by atoms with E-state index in [1.807, 2.05) is 36.4 Å². The van der Waals surface area contributed by atoms with E-state index in [4.69, 9.17) is 0 Å². The highest BCUT2D eigenvalue weighted by Gasteiger charge is 2.18. The zero-order valence-electron chi connectivity index (χ0n) is 14.1. The summed E-state index contributed by atoms with van der Waals surface area (Å²) in [6.07, 6.45) is 0. The van der Waals surface area contributed by atoms with Crippen molar-refractivity contribution < 1.29 is 9.59 Å². The molecule has 1 aromatic heterocycles. The second-order valence-electron chi connectivity index (χ2n) is 5.42. The van der Waals surface area contributed by atoms with Gasteiger partial charge in [0.25, 0.3) is 0 Å². The normalized spacial score (nSPS) is 10.3. The zero-order chi connectivity index (χ0) is 19.1. The lowest BCUT2D eigenvalue weighted by Gasteiger charge is -2.01. The Kier molecular flexibility index (Phi) is 6.82. The fourth-order valence-corrected chi connectivity index (χ4v) is 5.12. The Morgan fingerprint density at radius 3 is 1.93 bits per heavy atom. The van der Waals surface area contributed by atoms with Crippen molar-refractivity contribution >= 4 is 46.6 Å². The second kappa shape index (κ2) is 9.51. The molecule has 0 atom stereocenters. The van der Waals surface area contributed by atoms with Crippen LogP contribution in [0.25, 0.3) is 0 Å². The van der Waals surface area contributed by atoms with E-state index in [1.54, 1.807) is 24.3 Å². The topological polar surface area (TPSA) is 70.8 Å². The maximum atomic E-state index is 12.2. The Hall–Kier alpha value is -2.40. The van der Waals surface area contributed by atoms with E-state index < -0.39 is 0 Å². The molecule has 0 amide bonds. The smallest absolute Gasteiger partial charge is 0.173 e. The van der Waals surface area contributed by atoms with Crippen molar-refractivity contribution in [1.29, 1.82) is 5.26 Å². The lowest BCUT2D eigenvalue weighted by atomic mass is 10.2. The van der Waals surface area contributed by atoms with Crippen LogP contribution in [-0.4, -0.2) is 27.4 Å². The summed E-state index contributed by atoms with van der Waals surface area (Å²) in [5.41, 5.74) is 1.73. The number of benzene rings is 2. The molecular weight excluding hydrogens is 396 g/mol. The highest BCUT2D eigenvalue weighted by atomic mass is 32.2. The average molecular weight is 411 g/mol. The van der Waals surface area contributed by atoms with Gasteiger partial charge in [-0.1, -0.05) is 72.4 Å². The SMILES string of the molecule is N#Cc1c(SCC(=O)c2ccccc2)nsc1SCC(=O)c1ccccc1. The standard InChI is InChI=1S/C20H14N2O2S3/c21-11-16-19(25-12-17(23)14-7-3-1-4-8-14)22-27-20(16)26-13-18(24)15-9-5-2-6-10-15/h1-10H,12-13H2. The molecule has 0 bridgehead atoms. The number of hydrogen-bond acceptors (Lipinski definition) is 7. The summed E-state index contributed by atoms with van der Waals surface area (Å²) in [6.45, 7) is 0. The van der Waals surface area contributed by atoms with E-state index in [-0.39, 0.29) is 23.1 Å². The van der Waals surface area contributed by atoms with Crippen molar-refractivity contribution in [3.05, 3.63) is 77.4 Å². The van der Waals surface area contributed by atoms with Gasteiger partial charge in [-0.05, 0) is 11.5 Å². The van der Waals surface area contributed by atoms with Crippen LogP contribution in [0.15, 0.2) is 69.9 Å². The molecule has 0 spiro atoms. The van der Waals surface area contributed by atoms with Crippen LogP contribution in [0.3, 0.4) is 0 Å². The highest BCUT2D eigenvalue weighted by molar-refractivity contribution is 8.02. The number of carbonyl (C=O) groups excluding carboxylic acids is 2. The number of aromatic nitrogens is 1. The Morgan fingerprint density at radius 1 is 0.889 bits per heavy atom. The summed E-state index contributed by atoms with van der Waals surface area (Å²) in [5.74, 6) is 0.459. The minimum Gasteiger partial charge on any atom is -0.293 e. The highest BCUT2D eigenvalue weighted by Crippen LogP contribution is 2.34. The molecule has 3 rings (SSSR count). The van der Waals surface area contributed by atoms with E-state index >= 15 is 0 Å². The molecule has 0 saturated carbocycles. The van der Waals surface area contributed by atoms with E-state index in [2.05, 4.69) is 10.4 Å². The van der Waals surface area contributed by atoms with Gasteiger partial charge in [-0.3, -0.25) is 9.59 Å². The van der Waals surface area contributed by atoms with Crippen LogP contribution in [0.5, 0.6) is 0 Å². The number of nitrogens with zero attached hydrogens (tertiary/aromatic N) is 2. The minimum absolute atomic E-state index is 0.00588. The molecule has 0 aliphatic carbocycles. The number of rotatable bonds is 8. The third kappa shape index (κ3) is 5.07. The monoisotopic (exact) mass is 410 g/mol. The zero-order valence-corrected chi connectivity index (χ0v) is 16.6. The molecule has 1 heterocycles. The molecule has 0 aliphatic heterocycles. The Morgan fingerprint density at radius 2 is 1.41 bits per heavy atom. The van der Waals surface area contributed by atoms with E-state index in [9.17, 15) is 14.9 Å². The van der Waals surface area contributed by atoms with E-state index in [1.165, 1.54) is 35.1 Å². The molecule has 0 radical (unpaired) electrons. The van der Waals surface area contributed by atoms with Gasteiger partial charge < -0.3 is 0 Å². The predicted molar refractivity (Wildman–Crippen MR) is 110 cm³/mol. The lowest BCUT2D eigenvalue weighted by Crippen LogP contribution is -2.02. The third-order valence-corrected chi connectivity index (χ3v) is 6.79. The largest absolute Gasteiger partial charge is 0.293 e. The number of Topliss-reactive ketones (excluding diaryl/α,β-unsaturated/α-hetero) is 2. The van der Waals surface area contributed by atoms with Crippen LogP contribution in [0, 0.1) is 11.3 Å². The van der Waals surface area contributed by atoms with Crippen molar-refractivity contribution in [2.24, 2.45) is 0 Å². The number of nitriles is 1. The first-order chi connectivity index (χ1) is 13.2. The summed E-state index contributed by atoms with van der Waals surface area (Å²) in [5, 5.41) is 10.0. The van der Waals surface area contributed by atoms with Gasteiger partial charge >= 0.3 is 0 Å². The van der Waals surface area contributed by atoms with Crippen molar-refractivity contribution in [3.63, 3.8) is 0 Å². The van der Waals surface area contributed by atoms with Gasteiger partial charge in [0.1, 0.15) is 20.9 Å². The summed E-state index contributed by atoms with van der Waals surface area (Å²) >= 11 is 3.76. The van der Waals surface area contributed by atoms with E-state index in [0.717, 1.165) is 0 Å². The Bertz CT molecular complexity index is 906. The third-order valence-electron chi connectivity index (χ3n) is 3.61. The Labute approximate surface area is 169 Å². The molecule has 7 heteroatoms. The summed E-state index contributed by atoms with van der Waals surface area (Å²) in [6, 6.07) is 20.3. The number of hydrogen-bond donors (Lipinski definition) is 0. The summed E-state index contributed by atoms with van der Waals surface area (Å²) in [7, 11) is 0. The van der Waals surface area contributed by atoms with Crippen LogP contribution in [0.1, 0.15) is 26.3 Å². The van der Waals surface area contributed by atoms with Gasteiger partial charge in [0, 0.05) is 11.1 Å². The molecule has 0 N–H and O–H groups in total. The lowest BCUT2D eigenvalue weighted by molar-refractivity contribution is 0.101. The van der Waals surface area contributed by atoms with Crippen LogP contribution in [0.4, 0.5) is 0 Å². The first-order valence-electron chi connectivity index (χ1n) is 8.01. The molecule has 134 valence electrons. The number of carbonyl (C=O) groups is 2. The molecule has 0 aliphatic rings. The molecular formula is C20H14N2O2S3. The van der Waals surface area contributed by atoms with Crippen molar-refractivity contribution in [2.75, 3.05) is 11.5 Å². The first kappa shape index (κ1) is 19.4. The van der Waals surface area contributed by atoms with Crippen molar-refractivity contribution in [2.45, 2.75) is 9.24 Å². The maximum Gasteiger partial charge on any atom is 0.173 e. The molecule has 27 heavy (non-hydrogen) atoms. The Balaban J connectivity index is 1.62. The van der Waals surface area contributed by atoms with Gasteiger partial charge in [-0.2, -0.15) is 9.64 Å². The molecule has 0 saturated heterocycles. The summed E-state index contributed by atoms with van der Waals surface area (Å²) in [4.78, 5) is 24.4. The number of ketones is 2. The van der Waals surface area contributed by atoms with Crippen molar-refractivity contribution in [1.82, 2.24) is 4.37 Å². The molecule has 3 aromatic rings. The van der Waals surface area contributed by atoms with Crippen LogP contribution < -0.4 is 0 Å². The molecule has 0 unspecified atom stereocenters. The molecule has 0 fully saturated rings.